The molecule has 1 N–H and O–H groups in total. The lowest BCUT2D eigenvalue weighted by atomic mass is 9.84. The fraction of sp³-hybridized carbons (Fsp3) is 1.00. The third-order valence-electron chi connectivity index (χ3n) is 4.40. The van der Waals surface area contributed by atoms with E-state index in [1.165, 1.54) is 44.0 Å². The zero-order valence-electron chi connectivity index (χ0n) is 12.5. The predicted molar refractivity (Wildman–Crippen MR) is 82.3 cm³/mol. The largest absolute Gasteiger partial charge is 0.311 e. The van der Waals surface area contributed by atoms with Gasteiger partial charge in [-0.3, -0.25) is 4.90 Å². The number of nitrogens with zero attached hydrogens (tertiary/aromatic N) is 1. The number of hydrogen-bond donors (Lipinski definition) is 1. The molecule has 2 nitrogen and oxygen atoms in total. The van der Waals surface area contributed by atoms with Crippen molar-refractivity contribution in [1.29, 1.82) is 0 Å². The molecule has 1 saturated heterocycles. The van der Waals surface area contributed by atoms with Gasteiger partial charge in [0.2, 0.25) is 0 Å². The van der Waals surface area contributed by atoms with Crippen LogP contribution < -0.4 is 5.32 Å². The molecule has 0 aromatic rings. The molecule has 1 aliphatic heterocycles. The van der Waals surface area contributed by atoms with E-state index in [1.807, 2.05) is 0 Å². The number of hydrogen-bond acceptors (Lipinski definition) is 3. The molecular weight excluding hydrogens is 240 g/mol. The van der Waals surface area contributed by atoms with Crippen LogP contribution in [0.4, 0.5) is 0 Å². The number of piperazine rings is 1. The van der Waals surface area contributed by atoms with Crippen LogP contribution >= 0.6 is 11.8 Å². The first kappa shape index (κ1) is 14.7. The van der Waals surface area contributed by atoms with Crippen molar-refractivity contribution in [3.63, 3.8) is 0 Å². The lowest BCUT2D eigenvalue weighted by Gasteiger charge is -2.45. The lowest BCUT2D eigenvalue weighted by molar-refractivity contribution is 0.0806. The average molecular weight is 270 g/mol. The van der Waals surface area contributed by atoms with Crippen molar-refractivity contribution in [2.45, 2.75) is 52.6 Å². The Morgan fingerprint density at radius 1 is 1.28 bits per heavy atom. The van der Waals surface area contributed by atoms with E-state index < -0.39 is 0 Å². The highest BCUT2D eigenvalue weighted by atomic mass is 32.2. The summed E-state index contributed by atoms with van der Waals surface area (Å²) in [6, 6.07) is 1.47. The van der Waals surface area contributed by atoms with Gasteiger partial charge in [0.15, 0.2) is 0 Å². The average Bonchev–Trinajstić information content (AvgIpc) is 3.12. The maximum Gasteiger partial charge on any atom is 0.0249 e. The zero-order chi connectivity index (χ0) is 13.2. The Morgan fingerprint density at radius 2 is 2.00 bits per heavy atom. The third kappa shape index (κ3) is 3.88. The molecule has 3 heteroatoms. The monoisotopic (exact) mass is 270 g/mol. The van der Waals surface area contributed by atoms with Crippen LogP contribution in [0.2, 0.25) is 0 Å². The van der Waals surface area contributed by atoms with Crippen LogP contribution in [0.5, 0.6) is 0 Å². The maximum absolute atomic E-state index is 3.80. The third-order valence-corrected chi connectivity index (χ3v) is 5.28. The first-order valence-electron chi connectivity index (χ1n) is 7.57. The van der Waals surface area contributed by atoms with Crippen LogP contribution in [-0.2, 0) is 0 Å². The van der Waals surface area contributed by atoms with Gasteiger partial charge in [0.1, 0.15) is 0 Å². The number of thioether (sulfide) groups is 1. The van der Waals surface area contributed by atoms with Gasteiger partial charge in [0.25, 0.3) is 0 Å². The first-order chi connectivity index (χ1) is 8.52. The summed E-state index contributed by atoms with van der Waals surface area (Å²) in [5.41, 5.74) is 0.380. The van der Waals surface area contributed by atoms with Crippen molar-refractivity contribution < 1.29 is 0 Å². The topological polar surface area (TPSA) is 15.3 Å². The summed E-state index contributed by atoms with van der Waals surface area (Å²) >= 11 is 2.08. The van der Waals surface area contributed by atoms with Gasteiger partial charge >= 0.3 is 0 Å². The van der Waals surface area contributed by atoms with E-state index in [4.69, 9.17) is 0 Å². The highest BCUT2D eigenvalue weighted by Gasteiger charge is 2.40. The van der Waals surface area contributed by atoms with Crippen molar-refractivity contribution in [2.75, 3.05) is 31.1 Å². The molecule has 2 rings (SSSR count). The normalized spacial score (nSPS) is 30.7. The molecule has 0 aromatic heterocycles. The van der Waals surface area contributed by atoms with Crippen LogP contribution in [0, 0.1) is 11.3 Å². The summed E-state index contributed by atoms with van der Waals surface area (Å²) < 4.78 is 0. The van der Waals surface area contributed by atoms with E-state index in [-0.39, 0.29) is 0 Å². The van der Waals surface area contributed by atoms with Gasteiger partial charge in [0.05, 0.1) is 0 Å². The van der Waals surface area contributed by atoms with E-state index in [9.17, 15) is 0 Å². The quantitative estimate of drug-likeness (QED) is 0.773. The van der Waals surface area contributed by atoms with Crippen molar-refractivity contribution >= 4 is 11.8 Å². The van der Waals surface area contributed by atoms with Crippen molar-refractivity contribution in [3.05, 3.63) is 0 Å². The molecule has 2 atom stereocenters. The summed E-state index contributed by atoms with van der Waals surface area (Å²) in [5, 5.41) is 3.80. The Hall–Kier alpha value is 0.270. The van der Waals surface area contributed by atoms with Crippen LogP contribution in [0.25, 0.3) is 0 Å². The van der Waals surface area contributed by atoms with Crippen LogP contribution in [0.15, 0.2) is 0 Å². The fourth-order valence-corrected chi connectivity index (χ4v) is 3.59. The molecule has 0 radical (unpaired) electrons. The molecule has 0 bridgehead atoms. The van der Waals surface area contributed by atoms with E-state index in [0.29, 0.717) is 11.5 Å². The van der Waals surface area contributed by atoms with Gasteiger partial charge in [-0.15, -0.1) is 0 Å². The summed E-state index contributed by atoms with van der Waals surface area (Å²) in [4.78, 5) is 2.78. The second kappa shape index (κ2) is 6.15. The molecule has 106 valence electrons. The number of rotatable bonds is 5. The first-order valence-corrected chi connectivity index (χ1v) is 8.73. The molecule has 0 amide bonds. The van der Waals surface area contributed by atoms with E-state index in [1.54, 1.807) is 0 Å². The van der Waals surface area contributed by atoms with Gasteiger partial charge in [-0.1, -0.05) is 27.7 Å². The summed E-state index contributed by atoms with van der Waals surface area (Å²) in [6.45, 7) is 13.1. The second-order valence-corrected chi connectivity index (χ2v) is 8.32. The molecular formula is C15H30N2S. The van der Waals surface area contributed by atoms with Crippen molar-refractivity contribution in [3.8, 4) is 0 Å². The Morgan fingerprint density at radius 3 is 2.56 bits per heavy atom. The molecule has 1 aliphatic carbocycles. The molecule has 2 unspecified atom stereocenters. The van der Waals surface area contributed by atoms with Gasteiger partial charge in [0, 0.05) is 37.5 Å². The van der Waals surface area contributed by atoms with Crippen LogP contribution in [-0.4, -0.2) is 48.1 Å². The predicted octanol–water partition coefficient (Wildman–Crippen LogP) is 2.84. The maximum atomic E-state index is 3.80. The summed E-state index contributed by atoms with van der Waals surface area (Å²) in [7, 11) is 0. The van der Waals surface area contributed by atoms with Crippen LogP contribution in [0.1, 0.15) is 40.5 Å². The lowest BCUT2D eigenvalue weighted by Crippen LogP contribution is -2.61. The molecule has 2 aliphatic rings. The molecule has 1 heterocycles. The van der Waals surface area contributed by atoms with E-state index in [2.05, 4.69) is 49.7 Å². The van der Waals surface area contributed by atoms with Crippen molar-refractivity contribution in [2.24, 2.45) is 11.3 Å². The van der Waals surface area contributed by atoms with E-state index >= 15 is 0 Å². The van der Waals surface area contributed by atoms with Gasteiger partial charge in [-0.2, -0.15) is 11.8 Å². The Kier molecular flexibility index (Phi) is 5.01. The van der Waals surface area contributed by atoms with Gasteiger partial charge in [-0.25, -0.2) is 0 Å². The molecule has 2 fully saturated rings. The van der Waals surface area contributed by atoms with Crippen LogP contribution in [0.3, 0.4) is 0 Å². The molecule has 1 saturated carbocycles. The minimum absolute atomic E-state index is 0.380. The number of nitrogens with one attached hydrogen (secondary N) is 1. The summed E-state index contributed by atoms with van der Waals surface area (Å²) in [6.07, 6.45) is 2.92. The second-order valence-electron chi connectivity index (χ2n) is 6.92. The molecule has 0 aromatic carbocycles. The van der Waals surface area contributed by atoms with Crippen molar-refractivity contribution in [1.82, 2.24) is 10.2 Å². The standard InChI is InChI=1S/C15H30N2S/c1-5-18-9-8-17-11-14(15(2,3)4)16-10-13(17)12-6-7-12/h12-14,16H,5-11H2,1-4H3. The Labute approximate surface area is 117 Å². The minimum Gasteiger partial charge on any atom is -0.311 e. The Bertz CT molecular complexity index is 258. The smallest absolute Gasteiger partial charge is 0.0249 e. The summed E-state index contributed by atoms with van der Waals surface area (Å²) in [5.74, 6) is 3.55. The zero-order valence-corrected chi connectivity index (χ0v) is 13.4. The molecule has 0 spiro atoms. The van der Waals surface area contributed by atoms with Gasteiger partial charge < -0.3 is 5.32 Å². The van der Waals surface area contributed by atoms with E-state index in [0.717, 1.165) is 12.0 Å². The van der Waals surface area contributed by atoms with Gasteiger partial charge in [-0.05, 0) is 29.9 Å². The fourth-order valence-electron chi connectivity index (χ4n) is 2.94. The highest BCUT2D eigenvalue weighted by Crippen LogP contribution is 2.37. The SMILES string of the molecule is CCSCCN1CC(C(C)(C)C)NCC1C1CC1. The molecule has 18 heavy (non-hydrogen) atoms. The minimum atomic E-state index is 0.380. The Balaban J connectivity index is 1.90. The highest BCUT2D eigenvalue weighted by molar-refractivity contribution is 7.99.